The summed E-state index contributed by atoms with van der Waals surface area (Å²) < 4.78 is 5.63. The molecule has 1 saturated heterocycles. The minimum Gasteiger partial charge on any atom is -0.379 e. The van der Waals surface area contributed by atoms with Crippen molar-refractivity contribution in [3.05, 3.63) is 35.9 Å². The second-order valence-corrected chi connectivity index (χ2v) is 8.58. The second-order valence-electron chi connectivity index (χ2n) is 8.58. The Kier molecular flexibility index (Phi) is 10.8. The number of guanidine groups is 1. The average Bonchev–Trinajstić information content (AvgIpc) is 2.67. The molecular weight excluding hydrogens is 463 g/mol. The summed E-state index contributed by atoms with van der Waals surface area (Å²) in [7, 11) is 3.61. The Labute approximate surface area is 188 Å². The Morgan fingerprint density at radius 1 is 1.21 bits per heavy atom. The van der Waals surface area contributed by atoms with E-state index in [1.54, 1.807) is 7.11 Å². The van der Waals surface area contributed by atoms with Crippen molar-refractivity contribution in [2.24, 2.45) is 10.4 Å². The van der Waals surface area contributed by atoms with E-state index in [2.05, 4.69) is 78.6 Å². The van der Waals surface area contributed by atoms with E-state index >= 15 is 0 Å². The molecule has 1 aromatic carbocycles. The maximum absolute atomic E-state index is 5.63. The maximum Gasteiger partial charge on any atom is 0.191 e. The number of nitrogens with zero attached hydrogens (tertiary/aromatic N) is 2. The molecule has 5 nitrogen and oxygen atoms in total. The Morgan fingerprint density at radius 3 is 2.32 bits per heavy atom. The highest BCUT2D eigenvalue weighted by Crippen LogP contribution is 2.24. The number of piperidine rings is 1. The van der Waals surface area contributed by atoms with Gasteiger partial charge in [0.1, 0.15) is 0 Å². The number of benzene rings is 1. The van der Waals surface area contributed by atoms with Gasteiger partial charge in [-0.3, -0.25) is 9.89 Å². The van der Waals surface area contributed by atoms with Gasteiger partial charge in [0, 0.05) is 45.9 Å². The third kappa shape index (κ3) is 7.52. The van der Waals surface area contributed by atoms with Gasteiger partial charge in [-0.05, 0) is 30.7 Å². The molecule has 1 fully saturated rings. The summed E-state index contributed by atoms with van der Waals surface area (Å²) in [6, 6.07) is 11.7. The topological polar surface area (TPSA) is 48.9 Å². The lowest BCUT2D eigenvalue weighted by molar-refractivity contribution is 0.0204. The fourth-order valence-electron chi connectivity index (χ4n) is 3.69. The van der Waals surface area contributed by atoms with Gasteiger partial charge in [-0.25, -0.2) is 0 Å². The highest BCUT2D eigenvalue weighted by Gasteiger charge is 2.26. The molecule has 2 N–H and O–H groups in total. The number of methoxy groups -OCH3 is 1. The van der Waals surface area contributed by atoms with Crippen LogP contribution in [0.5, 0.6) is 0 Å². The van der Waals surface area contributed by atoms with Gasteiger partial charge in [-0.15, -0.1) is 24.0 Å². The molecule has 2 rings (SSSR count). The van der Waals surface area contributed by atoms with Gasteiger partial charge in [0.25, 0.3) is 0 Å². The van der Waals surface area contributed by atoms with Crippen molar-refractivity contribution < 1.29 is 4.74 Å². The molecule has 1 aliphatic rings. The summed E-state index contributed by atoms with van der Waals surface area (Å²) in [6.07, 6.45) is 2.40. The summed E-state index contributed by atoms with van der Waals surface area (Å²) in [5.41, 5.74) is 1.49. The van der Waals surface area contributed by atoms with Gasteiger partial charge >= 0.3 is 0 Å². The van der Waals surface area contributed by atoms with Crippen LogP contribution >= 0.6 is 24.0 Å². The SMILES string of the molecule is CN=C(NCC(OC)C(C)(C)C)NC1CCN(C(C)c2ccccc2)CC1.I. The lowest BCUT2D eigenvalue weighted by atomic mass is 9.89. The fourth-order valence-corrected chi connectivity index (χ4v) is 3.69. The standard InChI is InChI=1S/C22H38N4O.HI/c1-17(18-10-8-7-9-11-18)26-14-12-19(13-15-26)25-21(23-5)24-16-20(27-6)22(2,3)4;/h7-11,17,19-20H,12-16H2,1-6H3,(H2,23,24,25);1H. The lowest BCUT2D eigenvalue weighted by Crippen LogP contribution is -2.51. The highest BCUT2D eigenvalue weighted by molar-refractivity contribution is 14.0. The van der Waals surface area contributed by atoms with Crippen molar-refractivity contribution >= 4 is 29.9 Å². The summed E-state index contributed by atoms with van der Waals surface area (Å²) in [6.45, 7) is 11.9. The first kappa shape index (κ1) is 25.2. The largest absolute Gasteiger partial charge is 0.379 e. The first-order valence-electron chi connectivity index (χ1n) is 10.1. The third-order valence-electron chi connectivity index (χ3n) is 5.63. The Morgan fingerprint density at radius 2 is 1.82 bits per heavy atom. The van der Waals surface area contributed by atoms with E-state index in [-0.39, 0.29) is 35.5 Å². The molecule has 2 atom stereocenters. The molecule has 0 saturated carbocycles. The first-order chi connectivity index (χ1) is 12.8. The smallest absolute Gasteiger partial charge is 0.191 e. The average molecular weight is 502 g/mol. The number of hydrogen-bond acceptors (Lipinski definition) is 3. The number of hydrogen-bond donors (Lipinski definition) is 2. The van der Waals surface area contributed by atoms with Gasteiger partial charge in [0.15, 0.2) is 5.96 Å². The normalized spacial score (nSPS) is 18.9. The van der Waals surface area contributed by atoms with Crippen LogP contribution in [0.25, 0.3) is 0 Å². The van der Waals surface area contributed by atoms with E-state index < -0.39 is 0 Å². The van der Waals surface area contributed by atoms with Crippen LogP contribution < -0.4 is 10.6 Å². The summed E-state index contributed by atoms with van der Waals surface area (Å²) in [4.78, 5) is 6.97. The molecule has 1 aliphatic heterocycles. The van der Waals surface area contributed by atoms with Crippen LogP contribution in [0.2, 0.25) is 0 Å². The Bertz CT molecular complexity index is 580. The van der Waals surface area contributed by atoms with E-state index in [1.165, 1.54) is 5.56 Å². The zero-order valence-electron chi connectivity index (χ0n) is 18.4. The number of halogens is 1. The van der Waals surface area contributed by atoms with Gasteiger partial charge in [0.2, 0.25) is 0 Å². The van der Waals surface area contributed by atoms with Crippen LogP contribution in [-0.4, -0.2) is 56.8 Å². The Balaban J connectivity index is 0.00000392. The molecule has 0 aromatic heterocycles. The molecule has 0 spiro atoms. The molecule has 0 amide bonds. The van der Waals surface area contributed by atoms with Crippen LogP contribution in [0.4, 0.5) is 0 Å². The zero-order chi connectivity index (χ0) is 19.9. The zero-order valence-corrected chi connectivity index (χ0v) is 20.7. The number of likely N-dealkylation sites (tertiary alicyclic amines) is 1. The maximum atomic E-state index is 5.63. The van der Waals surface area contributed by atoms with Gasteiger partial charge < -0.3 is 15.4 Å². The van der Waals surface area contributed by atoms with Crippen molar-refractivity contribution in [3.63, 3.8) is 0 Å². The molecule has 6 heteroatoms. The van der Waals surface area contributed by atoms with Crippen molar-refractivity contribution in [1.29, 1.82) is 0 Å². The van der Waals surface area contributed by atoms with E-state index in [1.807, 2.05) is 7.05 Å². The minimum absolute atomic E-state index is 0. The minimum atomic E-state index is 0. The third-order valence-corrected chi connectivity index (χ3v) is 5.63. The molecule has 2 unspecified atom stereocenters. The number of nitrogens with one attached hydrogen (secondary N) is 2. The van der Waals surface area contributed by atoms with Crippen molar-refractivity contribution in [2.45, 2.75) is 58.7 Å². The quantitative estimate of drug-likeness (QED) is 0.350. The van der Waals surface area contributed by atoms with Crippen molar-refractivity contribution in [2.75, 3.05) is 33.8 Å². The summed E-state index contributed by atoms with van der Waals surface area (Å²) >= 11 is 0. The predicted molar refractivity (Wildman–Crippen MR) is 130 cm³/mol. The number of ether oxygens (including phenoxy) is 1. The van der Waals surface area contributed by atoms with Gasteiger partial charge in [0.05, 0.1) is 6.10 Å². The second kappa shape index (κ2) is 12.0. The molecule has 0 aliphatic carbocycles. The van der Waals surface area contributed by atoms with Gasteiger partial charge in [-0.2, -0.15) is 0 Å². The lowest BCUT2D eigenvalue weighted by Gasteiger charge is -2.37. The van der Waals surface area contributed by atoms with E-state index in [9.17, 15) is 0 Å². The van der Waals surface area contributed by atoms with Crippen LogP contribution in [-0.2, 0) is 4.74 Å². The fraction of sp³-hybridized carbons (Fsp3) is 0.682. The van der Waals surface area contributed by atoms with E-state index in [0.717, 1.165) is 38.4 Å². The van der Waals surface area contributed by atoms with Crippen molar-refractivity contribution in [1.82, 2.24) is 15.5 Å². The monoisotopic (exact) mass is 502 g/mol. The molecule has 1 heterocycles. The molecule has 0 radical (unpaired) electrons. The van der Waals surface area contributed by atoms with Crippen LogP contribution in [0.1, 0.15) is 52.1 Å². The molecular formula is C22H39IN4O. The van der Waals surface area contributed by atoms with Crippen molar-refractivity contribution in [3.8, 4) is 0 Å². The summed E-state index contributed by atoms with van der Waals surface area (Å²) in [5.74, 6) is 0.871. The molecule has 28 heavy (non-hydrogen) atoms. The first-order valence-corrected chi connectivity index (χ1v) is 10.1. The van der Waals surface area contributed by atoms with Crippen LogP contribution in [0.15, 0.2) is 35.3 Å². The molecule has 0 bridgehead atoms. The molecule has 1 aromatic rings. The number of aliphatic imine (C=N–C) groups is 1. The molecule has 160 valence electrons. The predicted octanol–water partition coefficient (Wildman–Crippen LogP) is 4.06. The van der Waals surface area contributed by atoms with Crippen LogP contribution in [0, 0.1) is 5.41 Å². The van der Waals surface area contributed by atoms with E-state index in [0.29, 0.717) is 12.1 Å². The number of rotatable bonds is 6. The van der Waals surface area contributed by atoms with Crippen LogP contribution in [0.3, 0.4) is 0 Å². The van der Waals surface area contributed by atoms with E-state index in [4.69, 9.17) is 4.74 Å². The van der Waals surface area contributed by atoms with Gasteiger partial charge in [-0.1, -0.05) is 51.1 Å². The highest BCUT2D eigenvalue weighted by atomic mass is 127. The summed E-state index contributed by atoms with van der Waals surface area (Å²) in [5, 5.41) is 7.03. The Hall–Kier alpha value is -0.860.